The summed E-state index contributed by atoms with van der Waals surface area (Å²) in [6.45, 7) is 0. The molecule has 0 aliphatic carbocycles. The van der Waals surface area contributed by atoms with Crippen molar-refractivity contribution in [3.8, 4) is 11.1 Å². The Morgan fingerprint density at radius 3 is 2.67 bits per heavy atom. The van der Waals surface area contributed by atoms with E-state index in [2.05, 4.69) is 25.2 Å². The van der Waals surface area contributed by atoms with Gasteiger partial charge in [0, 0.05) is 17.8 Å². The van der Waals surface area contributed by atoms with Crippen LogP contribution in [0.2, 0.25) is 0 Å². The average molecular weight is 501 g/mol. The predicted octanol–water partition coefficient (Wildman–Crippen LogP) is 5.88. The van der Waals surface area contributed by atoms with Crippen LogP contribution < -0.4 is 5.32 Å². The number of halogens is 5. The van der Waals surface area contributed by atoms with Crippen molar-refractivity contribution in [1.29, 1.82) is 0 Å². The van der Waals surface area contributed by atoms with Gasteiger partial charge in [-0.15, -0.1) is 0 Å². The third-order valence-electron chi connectivity index (χ3n) is 6.79. The standard InChI is InChI=1S/C24H16F5N5O2/c25-17-10-16(24(27,28)29)14(11-1-3-18-20(7-11)33-36-32-18)9-19(17)31-23(35)34-12-2-4-21(34)13-5-6-30-22(26)15(13)8-12/h1,3,5-7,9-10,12,21H,2,4,8H2,(H,31,35)/t12-,21+/m0/s1. The Kier molecular flexibility index (Phi) is 4.95. The molecule has 4 heterocycles. The lowest BCUT2D eigenvalue weighted by molar-refractivity contribution is -0.137. The summed E-state index contributed by atoms with van der Waals surface area (Å²) in [7, 11) is 0. The van der Waals surface area contributed by atoms with Gasteiger partial charge in [0.1, 0.15) is 16.9 Å². The lowest BCUT2D eigenvalue weighted by Crippen LogP contribution is -2.44. The number of pyridine rings is 1. The smallest absolute Gasteiger partial charge is 0.314 e. The summed E-state index contributed by atoms with van der Waals surface area (Å²) in [4.78, 5) is 18.4. The molecule has 0 spiro atoms. The molecule has 2 aliphatic rings. The summed E-state index contributed by atoms with van der Waals surface area (Å²) in [5.41, 5.74) is -0.211. The van der Waals surface area contributed by atoms with E-state index in [0.717, 1.165) is 6.07 Å². The van der Waals surface area contributed by atoms with Crippen LogP contribution in [0.25, 0.3) is 22.2 Å². The summed E-state index contributed by atoms with van der Waals surface area (Å²) in [6.07, 6.45) is -2.08. The first-order valence-electron chi connectivity index (χ1n) is 11.1. The summed E-state index contributed by atoms with van der Waals surface area (Å²) in [5, 5.41) is 9.71. The third-order valence-corrected chi connectivity index (χ3v) is 6.79. The van der Waals surface area contributed by atoms with E-state index in [0.29, 0.717) is 35.6 Å². The van der Waals surface area contributed by atoms with Crippen molar-refractivity contribution < 1.29 is 31.4 Å². The van der Waals surface area contributed by atoms with Gasteiger partial charge in [-0.25, -0.2) is 18.8 Å². The molecule has 12 heteroatoms. The second-order valence-corrected chi connectivity index (χ2v) is 8.80. The van der Waals surface area contributed by atoms with E-state index in [4.69, 9.17) is 0 Å². The van der Waals surface area contributed by atoms with Crippen LogP contribution in [0, 0.1) is 11.8 Å². The van der Waals surface area contributed by atoms with E-state index in [1.807, 2.05) is 0 Å². The number of nitrogens with one attached hydrogen (secondary N) is 1. The van der Waals surface area contributed by atoms with E-state index in [-0.39, 0.29) is 29.1 Å². The number of amides is 2. The number of hydrogen-bond acceptors (Lipinski definition) is 5. The molecule has 0 saturated carbocycles. The first kappa shape index (κ1) is 22.4. The zero-order valence-electron chi connectivity index (χ0n) is 18.3. The average Bonchev–Trinajstić information content (AvgIpc) is 3.43. The number of anilines is 1. The molecule has 2 aromatic heterocycles. The molecule has 7 nitrogen and oxygen atoms in total. The Morgan fingerprint density at radius 2 is 1.86 bits per heavy atom. The fourth-order valence-electron chi connectivity index (χ4n) is 5.20. The molecule has 2 atom stereocenters. The molecule has 0 unspecified atom stereocenters. The Hall–Kier alpha value is -4.09. The molecule has 4 aromatic rings. The number of alkyl halides is 3. The van der Waals surface area contributed by atoms with Gasteiger partial charge in [0.15, 0.2) is 0 Å². The molecule has 1 saturated heterocycles. The number of carbonyl (C=O) groups excluding carboxylic acids is 1. The Labute approximate surface area is 199 Å². The third kappa shape index (κ3) is 3.55. The highest BCUT2D eigenvalue weighted by atomic mass is 19.4. The van der Waals surface area contributed by atoms with Crippen molar-refractivity contribution in [2.24, 2.45) is 0 Å². The van der Waals surface area contributed by atoms with Crippen LogP contribution in [0.4, 0.5) is 32.4 Å². The minimum Gasteiger partial charge on any atom is -0.314 e. The molecule has 2 aromatic carbocycles. The van der Waals surface area contributed by atoms with Crippen LogP contribution in [0.5, 0.6) is 0 Å². The van der Waals surface area contributed by atoms with Gasteiger partial charge in [0.2, 0.25) is 5.95 Å². The highest BCUT2D eigenvalue weighted by Gasteiger charge is 2.44. The van der Waals surface area contributed by atoms with Gasteiger partial charge in [-0.3, -0.25) is 0 Å². The lowest BCUT2D eigenvalue weighted by Gasteiger charge is -2.36. The molecule has 1 fully saturated rings. The summed E-state index contributed by atoms with van der Waals surface area (Å²) >= 11 is 0. The number of benzene rings is 2. The molecule has 1 N–H and O–H groups in total. The monoisotopic (exact) mass is 501 g/mol. The van der Waals surface area contributed by atoms with Crippen molar-refractivity contribution in [2.45, 2.75) is 37.5 Å². The molecular weight excluding hydrogens is 485 g/mol. The Bertz CT molecular complexity index is 1520. The van der Waals surface area contributed by atoms with Gasteiger partial charge in [-0.1, -0.05) is 6.07 Å². The van der Waals surface area contributed by atoms with Gasteiger partial charge in [0.05, 0.1) is 17.3 Å². The second kappa shape index (κ2) is 7.97. The van der Waals surface area contributed by atoms with Gasteiger partial charge < -0.3 is 10.2 Å². The quantitative estimate of drug-likeness (QED) is 0.274. The minimum absolute atomic E-state index is 0.0935. The SMILES string of the molecule is O=C(Nc1cc(-c2ccc3nonc3c2)c(C(F)(F)F)cc1F)N1[C@H]2CC[C@@H]1c1ccnc(F)c1C2. The summed E-state index contributed by atoms with van der Waals surface area (Å²) < 4.78 is 75.1. The van der Waals surface area contributed by atoms with Crippen LogP contribution in [-0.4, -0.2) is 32.3 Å². The largest absolute Gasteiger partial charge is 0.417 e. The molecule has 36 heavy (non-hydrogen) atoms. The molecule has 184 valence electrons. The Morgan fingerprint density at radius 1 is 1.06 bits per heavy atom. The number of rotatable bonds is 2. The fourth-order valence-corrected chi connectivity index (χ4v) is 5.20. The van der Waals surface area contributed by atoms with Crippen LogP contribution >= 0.6 is 0 Å². The number of hydrogen-bond donors (Lipinski definition) is 1. The van der Waals surface area contributed by atoms with Gasteiger partial charge in [0.25, 0.3) is 0 Å². The van der Waals surface area contributed by atoms with Crippen LogP contribution in [0.1, 0.15) is 35.6 Å². The van der Waals surface area contributed by atoms with E-state index in [1.165, 1.54) is 29.3 Å². The van der Waals surface area contributed by atoms with E-state index in [9.17, 15) is 26.7 Å². The lowest BCUT2D eigenvalue weighted by atomic mass is 9.95. The first-order valence-corrected chi connectivity index (χ1v) is 11.1. The number of nitrogens with zero attached hydrogens (tertiary/aromatic N) is 4. The number of fused-ring (bicyclic) bond motifs is 5. The topological polar surface area (TPSA) is 84.2 Å². The molecule has 2 aliphatic heterocycles. The maximum Gasteiger partial charge on any atom is 0.417 e. The van der Waals surface area contributed by atoms with E-state index >= 15 is 0 Å². The Balaban J connectivity index is 1.37. The van der Waals surface area contributed by atoms with Gasteiger partial charge in [-0.05, 0) is 76.6 Å². The summed E-state index contributed by atoms with van der Waals surface area (Å²) in [5.74, 6) is -1.81. The van der Waals surface area contributed by atoms with Crippen molar-refractivity contribution in [3.63, 3.8) is 0 Å². The molecule has 2 amide bonds. The normalized spacial score (nSPS) is 19.0. The molecule has 2 bridgehead atoms. The van der Waals surface area contributed by atoms with Crippen LogP contribution in [0.3, 0.4) is 0 Å². The first-order chi connectivity index (χ1) is 17.2. The van der Waals surface area contributed by atoms with Crippen molar-refractivity contribution in [2.75, 3.05) is 5.32 Å². The number of carbonyl (C=O) groups is 1. The summed E-state index contributed by atoms with van der Waals surface area (Å²) in [6, 6.07) is 5.67. The van der Waals surface area contributed by atoms with Crippen molar-refractivity contribution in [3.05, 3.63) is 71.1 Å². The minimum atomic E-state index is -4.86. The number of aromatic nitrogens is 3. The highest BCUT2D eigenvalue weighted by Crippen LogP contribution is 2.45. The molecule has 0 radical (unpaired) electrons. The van der Waals surface area contributed by atoms with Crippen LogP contribution in [0.15, 0.2) is 47.2 Å². The maximum atomic E-state index is 14.9. The van der Waals surface area contributed by atoms with E-state index in [1.54, 1.807) is 6.07 Å². The molecule has 6 rings (SSSR count). The van der Waals surface area contributed by atoms with Crippen molar-refractivity contribution in [1.82, 2.24) is 20.2 Å². The fraction of sp³-hybridized carbons (Fsp3) is 0.250. The van der Waals surface area contributed by atoms with Gasteiger partial charge >= 0.3 is 12.2 Å². The number of urea groups is 1. The predicted molar refractivity (Wildman–Crippen MR) is 117 cm³/mol. The highest BCUT2D eigenvalue weighted by molar-refractivity contribution is 5.92. The van der Waals surface area contributed by atoms with E-state index < -0.39 is 41.3 Å². The zero-order valence-corrected chi connectivity index (χ0v) is 18.3. The zero-order chi connectivity index (χ0) is 25.2. The van der Waals surface area contributed by atoms with Crippen molar-refractivity contribution >= 4 is 22.8 Å². The maximum absolute atomic E-state index is 14.9. The second-order valence-electron chi connectivity index (χ2n) is 8.80. The van der Waals surface area contributed by atoms with Gasteiger partial charge in [-0.2, -0.15) is 17.6 Å². The van der Waals surface area contributed by atoms with Crippen LogP contribution in [-0.2, 0) is 12.6 Å². The molecular formula is C24H16F5N5O2.